The minimum absolute atomic E-state index is 0.192. The van der Waals surface area contributed by atoms with E-state index in [-0.39, 0.29) is 12.0 Å². The molecule has 1 N–H and O–H groups in total. The van der Waals surface area contributed by atoms with Crippen LogP contribution in [0.5, 0.6) is 0 Å². The Labute approximate surface area is 180 Å². The van der Waals surface area contributed by atoms with E-state index in [0.717, 1.165) is 52.5 Å². The monoisotopic (exact) mass is 425 g/mol. The lowest BCUT2D eigenvalue weighted by Crippen LogP contribution is -2.12. The van der Waals surface area contributed by atoms with Gasteiger partial charge in [-0.15, -0.1) is 0 Å². The van der Waals surface area contributed by atoms with Crippen molar-refractivity contribution in [2.75, 3.05) is 12.4 Å². The van der Waals surface area contributed by atoms with Gasteiger partial charge in [-0.3, -0.25) is 15.0 Å². The normalized spacial score (nSPS) is 15.1. The van der Waals surface area contributed by atoms with Crippen LogP contribution in [0.1, 0.15) is 63.0 Å². The Morgan fingerprint density at radius 3 is 2.83 bits per heavy atom. The number of hydrogen-bond donors (Lipinski definition) is 1. The quantitative estimate of drug-likeness (QED) is 0.588. The van der Waals surface area contributed by atoms with Crippen LogP contribution in [0.25, 0.3) is 21.8 Å². The predicted octanol–water partition coefficient (Wildman–Crippen LogP) is 5.44. The summed E-state index contributed by atoms with van der Waals surface area (Å²) in [6, 6.07) is 4.42. The van der Waals surface area contributed by atoms with Gasteiger partial charge >= 0.3 is 6.09 Å². The number of nitrogens with one attached hydrogen (secondary N) is 1. The number of amides is 1. The van der Waals surface area contributed by atoms with Crippen LogP contribution in [0.15, 0.2) is 18.3 Å². The molecule has 0 bridgehead atoms. The first-order chi connectivity index (χ1) is 14.4. The Morgan fingerprint density at radius 2 is 2.20 bits per heavy atom. The highest BCUT2D eigenvalue weighted by Gasteiger charge is 2.34. The Bertz CT molecular complexity index is 1070. The zero-order chi connectivity index (χ0) is 21.4. The maximum absolute atomic E-state index is 11.7. The topological polar surface area (TPSA) is 81.9 Å². The van der Waals surface area contributed by atoms with Crippen molar-refractivity contribution in [3.8, 4) is 21.8 Å². The van der Waals surface area contributed by atoms with Crippen LogP contribution in [0.3, 0.4) is 0 Å². The van der Waals surface area contributed by atoms with Crippen molar-refractivity contribution in [1.82, 2.24) is 19.7 Å². The van der Waals surface area contributed by atoms with Crippen molar-refractivity contribution < 1.29 is 9.53 Å². The van der Waals surface area contributed by atoms with Crippen molar-refractivity contribution in [2.24, 2.45) is 0 Å². The first kappa shape index (κ1) is 20.5. The van der Waals surface area contributed by atoms with Gasteiger partial charge in [-0.05, 0) is 44.7 Å². The highest BCUT2D eigenvalue weighted by atomic mass is 32.1. The molecule has 0 radical (unpaired) electrons. The summed E-state index contributed by atoms with van der Waals surface area (Å²) in [6.45, 7) is 8.64. The molecule has 0 fully saturated rings. The van der Waals surface area contributed by atoms with E-state index in [1.807, 2.05) is 6.20 Å². The first-order valence-electron chi connectivity index (χ1n) is 10.4. The average molecular weight is 426 g/mol. The highest BCUT2D eigenvalue weighted by molar-refractivity contribution is 7.19. The number of thiazole rings is 1. The van der Waals surface area contributed by atoms with E-state index in [1.165, 1.54) is 24.0 Å². The van der Waals surface area contributed by atoms with Gasteiger partial charge in [0.1, 0.15) is 0 Å². The second-order valence-corrected chi connectivity index (χ2v) is 8.95. The number of anilines is 1. The molecule has 3 heterocycles. The van der Waals surface area contributed by atoms with Gasteiger partial charge in [-0.2, -0.15) is 5.10 Å². The molecule has 158 valence electrons. The second-order valence-electron chi connectivity index (χ2n) is 7.95. The molecule has 4 rings (SSSR count). The molecule has 1 aliphatic rings. The number of nitrogens with zero attached hydrogens (tertiary/aromatic N) is 4. The molecule has 1 aliphatic carbocycles. The van der Waals surface area contributed by atoms with Crippen molar-refractivity contribution in [1.29, 1.82) is 0 Å². The van der Waals surface area contributed by atoms with E-state index in [2.05, 4.69) is 59.8 Å². The number of rotatable bonds is 5. The standard InChI is InChI=1S/C22H27N5O2S/c1-6-7-15-9-8-14(11-23-15)18-17-13(4)10-16-20(19(17)27(26-18)12(2)3)30-21(24-16)25-22(28)29-5/h8-9,11-13H,6-7,10H2,1-5H3,(H,24,25,28). The molecular weight excluding hydrogens is 398 g/mol. The number of carbonyl (C=O) groups excluding carboxylic acids is 1. The molecule has 8 heteroatoms. The minimum Gasteiger partial charge on any atom is -0.453 e. The van der Waals surface area contributed by atoms with Gasteiger partial charge in [0.05, 0.1) is 29.1 Å². The number of methoxy groups -OCH3 is 1. The zero-order valence-corrected chi connectivity index (χ0v) is 18.8. The number of fused-ring (bicyclic) bond motifs is 3. The molecule has 0 spiro atoms. The van der Waals surface area contributed by atoms with Gasteiger partial charge in [-0.1, -0.05) is 31.6 Å². The van der Waals surface area contributed by atoms with E-state index in [0.29, 0.717) is 5.13 Å². The molecule has 7 nitrogen and oxygen atoms in total. The second kappa shape index (κ2) is 8.18. The molecular formula is C22H27N5O2S. The Morgan fingerprint density at radius 1 is 1.40 bits per heavy atom. The number of hydrogen-bond acceptors (Lipinski definition) is 6. The number of aromatic nitrogens is 4. The minimum atomic E-state index is -0.509. The van der Waals surface area contributed by atoms with Gasteiger partial charge < -0.3 is 4.74 Å². The molecule has 30 heavy (non-hydrogen) atoms. The van der Waals surface area contributed by atoms with Crippen LogP contribution in [0.2, 0.25) is 0 Å². The number of pyridine rings is 1. The summed E-state index contributed by atoms with van der Waals surface area (Å²) >= 11 is 1.47. The molecule has 1 unspecified atom stereocenters. The SMILES string of the molecule is CCCc1ccc(-c2nn(C(C)C)c3c2C(C)Cc2nc(NC(=O)OC)sc2-3)cn1. The van der Waals surface area contributed by atoms with Crippen molar-refractivity contribution in [3.63, 3.8) is 0 Å². The number of carbonyl (C=O) groups is 1. The molecule has 3 aromatic heterocycles. The largest absolute Gasteiger partial charge is 0.453 e. The fourth-order valence-electron chi connectivity index (χ4n) is 3.95. The molecule has 1 atom stereocenters. The van der Waals surface area contributed by atoms with Crippen LogP contribution in [-0.2, 0) is 17.6 Å². The van der Waals surface area contributed by atoms with Gasteiger partial charge in [-0.25, -0.2) is 9.78 Å². The van der Waals surface area contributed by atoms with Crippen molar-refractivity contribution in [3.05, 3.63) is 35.3 Å². The third-order valence-corrected chi connectivity index (χ3v) is 6.36. The third-order valence-electron chi connectivity index (χ3n) is 5.34. The fourth-order valence-corrected chi connectivity index (χ4v) is 4.99. The zero-order valence-electron chi connectivity index (χ0n) is 18.0. The summed E-state index contributed by atoms with van der Waals surface area (Å²) in [5.74, 6) is 0.262. The summed E-state index contributed by atoms with van der Waals surface area (Å²) in [7, 11) is 1.35. The molecule has 0 aliphatic heterocycles. The lowest BCUT2D eigenvalue weighted by Gasteiger charge is -2.21. The van der Waals surface area contributed by atoms with E-state index in [1.54, 1.807) is 0 Å². The predicted molar refractivity (Wildman–Crippen MR) is 119 cm³/mol. The van der Waals surface area contributed by atoms with Crippen molar-refractivity contribution in [2.45, 2.75) is 58.9 Å². The Hall–Kier alpha value is -2.74. The maximum Gasteiger partial charge on any atom is 0.413 e. The van der Waals surface area contributed by atoms with Crippen LogP contribution in [0.4, 0.5) is 9.93 Å². The lowest BCUT2D eigenvalue weighted by molar-refractivity contribution is 0.187. The lowest BCUT2D eigenvalue weighted by atomic mass is 9.86. The summed E-state index contributed by atoms with van der Waals surface area (Å²) in [4.78, 5) is 22.0. The Kier molecular flexibility index (Phi) is 5.60. The molecule has 0 saturated heterocycles. The fraction of sp³-hybridized carbons (Fsp3) is 0.455. The van der Waals surface area contributed by atoms with E-state index in [4.69, 9.17) is 9.84 Å². The summed E-state index contributed by atoms with van der Waals surface area (Å²) < 4.78 is 6.80. The maximum atomic E-state index is 11.7. The summed E-state index contributed by atoms with van der Waals surface area (Å²) in [6.07, 6.45) is 4.30. The first-order valence-corrected chi connectivity index (χ1v) is 11.2. The third kappa shape index (κ3) is 3.60. The average Bonchev–Trinajstić information content (AvgIpc) is 3.30. The van der Waals surface area contributed by atoms with Gasteiger partial charge in [0, 0.05) is 29.1 Å². The number of aryl methyl sites for hydroxylation is 1. The van der Waals surface area contributed by atoms with Gasteiger partial charge in [0.15, 0.2) is 5.13 Å². The molecule has 1 amide bonds. The number of ether oxygens (including phenoxy) is 1. The van der Waals surface area contributed by atoms with E-state index < -0.39 is 6.09 Å². The van der Waals surface area contributed by atoms with Crippen LogP contribution >= 0.6 is 11.3 Å². The van der Waals surface area contributed by atoms with Crippen LogP contribution < -0.4 is 5.32 Å². The van der Waals surface area contributed by atoms with Crippen molar-refractivity contribution >= 4 is 22.6 Å². The Balaban J connectivity index is 1.83. The summed E-state index contributed by atoms with van der Waals surface area (Å²) in [5, 5.41) is 8.27. The molecule has 0 aromatic carbocycles. The smallest absolute Gasteiger partial charge is 0.413 e. The molecule has 3 aromatic rings. The summed E-state index contributed by atoms with van der Waals surface area (Å²) in [5.41, 5.74) is 6.46. The van der Waals surface area contributed by atoms with E-state index in [9.17, 15) is 4.79 Å². The molecule has 0 saturated carbocycles. The van der Waals surface area contributed by atoms with Crippen LogP contribution in [0, 0.1) is 0 Å². The highest BCUT2D eigenvalue weighted by Crippen LogP contribution is 2.48. The van der Waals surface area contributed by atoms with E-state index >= 15 is 0 Å². The van der Waals surface area contributed by atoms with Crippen LogP contribution in [-0.4, -0.2) is 33.0 Å². The van der Waals surface area contributed by atoms with Gasteiger partial charge in [0.25, 0.3) is 0 Å². The van der Waals surface area contributed by atoms with Gasteiger partial charge in [0.2, 0.25) is 0 Å².